The highest BCUT2D eigenvalue weighted by Crippen LogP contribution is 2.27. The summed E-state index contributed by atoms with van der Waals surface area (Å²) in [6.07, 6.45) is 2.12. The fraction of sp³-hybridized carbons (Fsp3) is 0.333. The van der Waals surface area contributed by atoms with Crippen molar-refractivity contribution in [3.63, 3.8) is 0 Å². The Labute approximate surface area is 162 Å². The van der Waals surface area contributed by atoms with Crippen molar-refractivity contribution in [3.8, 4) is 0 Å². The van der Waals surface area contributed by atoms with Crippen molar-refractivity contribution in [2.24, 2.45) is 0 Å². The zero-order valence-corrected chi connectivity index (χ0v) is 16.1. The van der Waals surface area contributed by atoms with Gasteiger partial charge in [0.05, 0.1) is 16.7 Å². The highest BCUT2D eigenvalue weighted by atomic mass is 32.2. The van der Waals surface area contributed by atoms with Gasteiger partial charge >= 0.3 is 0 Å². The summed E-state index contributed by atoms with van der Waals surface area (Å²) in [7, 11) is 0. The standard InChI is InChI=1S/C21H23N3O2S/c1-14-18(22-15-5-3-2-4-6-15)8-7-17-20(14)23-19(24-21(17)25)13-27-16-9-11-26-12-10-16/h2-8,16,22H,9-13H2,1H3,(H,23,24,25). The summed E-state index contributed by atoms with van der Waals surface area (Å²) >= 11 is 1.85. The maximum absolute atomic E-state index is 12.5. The molecule has 0 saturated carbocycles. The van der Waals surface area contributed by atoms with Gasteiger partial charge in [-0.2, -0.15) is 11.8 Å². The fourth-order valence-corrected chi connectivity index (χ4v) is 4.37. The van der Waals surface area contributed by atoms with Gasteiger partial charge in [-0.25, -0.2) is 4.98 Å². The van der Waals surface area contributed by atoms with Crippen LogP contribution in [0.15, 0.2) is 47.3 Å². The van der Waals surface area contributed by atoms with E-state index in [0.29, 0.717) is 16.4 Å². The predicted molar refractivity (Wildman–Crippen MR) is 112 cm³/mol. The molecule has 0 radical (unpaired) electrons. The highest BCUT2D eigenvalue weighted by Gasteiger charge is 2.16. The summed E-state index contributed by atoms with van der Waals surface area (Å²) in [6.45, 7) is 3.66. The second kappa shape index (κ2) is 8.15. The molecular weight excluding hydrogens is 358 g/mol. The van der Waals surface area contributed by atoms with E-state index < -0.39 is 0 Å². The van der Waals surface area contributed by atoms with Crippen molar-refractivity contribution in [2.45, 2.75) is 30.8 Å². The van der Waals surface area contributed by atoms with Crippen LogP contribution in [0.1, 0.15) is 24.2 Å². The van der Waals surface area contributed by atoms with E-state index in [-0.39, 0.29) is 5.56 Å². The molecule has 1 aliphatic rings. The number of aryl methyl sites for hydroxylation is 1. The van der Waals surface area contributed by atoms with E-state index >= 15 is 0 Å². The summed E-state index contributed by atoms with van der Waals surface area (Å²) in [5, 5.41) is 4.62. The van der Waals surface area contributed by atoms with Crippen molar-refractivity contribution < 1.29 is 4.74 Å². The summed E-state index contributed by atoms with van der Waals surface area (Å²) < 4.78 is 5.41. The van der Waals surface area contributed by atoms with Gasteiger partial charge in [-0.15, -0.1) is 0 Å². The molecule has 5 nitrogen and oxygen atoms in total. The summed E-state index contributed by atoms with van der Waals surface area (Å²) in [5.41, 5.74) is 3.66. The molecule has 0 unspecified atom stereocenters. The zero-order valence-electron chi connectivity index (χ0n) is 15.3. The van der Waals surface area contributed by atoms with Crippen LogP contribution in [0.5, 0.6) is 0 Å². The number of aromatic amines is 1. The van der Waals surface area contributed by atoms with Gasteiger partial charge in [0.15, 0.2) is 0 Å². The first-order valence-corrected chi connectivity index (χ1v) is 10.3. The number of nitrogens with zero attached hydrogens (tertiary/aromatic N) is 1. The number of anilines is 2. The Balaban J connectivity index is 1.61. The van der Waals surface area contributed by atoms with E-state index in [2.05, 4.69) is 10.3 Å². The van der Waals surface area contributed by atoms with Crippen LogP contribution < -0.4 is 10.9 Å². The van der Waals surface area contributed by atoms with Crippen LogP contribution in [-0.4, -0.2) is 28.4 Å². The molecule has 4 rings (SSSR count). The second-order valence-corrected chi connectivity index (χ2v) is 8.05. The number of thioether (sulfide) groups is 1. The van der Waals surface area contributed by atoms with Crippen LogP contribution >= 0.6 is 11.8 Å². The number of ether oxygens (including phenoxy) is 1. The Bertz CT molecular complexity index is 982. The second-order valence-electron chi connectivity index (χ2n) is 6.76. The minimum Gasteiger partial charge on any atom is -0.381 e. The topological polar surface area (TPSA) is 67.0 Å². The van der Waals surface area contributed by atoms with E-state index in [1.54, 1.807) is 0 Å². The van der Waals surface area contributed by atoms with Crippen molar-refractivity contribution in [1.29, 1.82) is 0 Å². The Morgan fingerprint density at radius 3 is 2.74 bits per heavy atom. The van der Waals surface area contributed by atoms with E-state index in [0.717, 1.165) is 54.3 Å². The molecule has 2 heterocycles. The quantitative estimate of drug-likeness (QED) is 0.686. The van der Waals surface area contributed by atoms with Gasteiger partial charge in [-0.3, -0.25) is 4.79 Å². The minimum absolute atomic E-state index is 0.0723. The van der Waals surface area contributed by atoms with Crippen molar-refractivity contribution in [1.82, 2.24) is 9.97 Å². The average Bonchev–Trinajstić information content (AvgIpc) is 2.70. The first-order chi connectivity index (χ1) is 13.2. The largest absolute Gasteiger partial charge is 0.381 e. The van der Waals surface area contributed by atoms with Crippen molar-refractivity contribution in [2.75, 3.05) is 18.5 Å². The third-order valence-corrected chi connectivity index (χ3v) is 6.24. The van der Waals surface area contributed by atoms with E-state index in [1.165, 1.54) is 0 Å². The maximum atomic E-state index is 12.5. The molecule has 140 valence electrons. The Morgan fingerprint density at radius 2 is 1.96 bits per heavy atom. The Morgan fingerprint density at radius 1 is 1.19 bits per heavy atom. The first kappa shape index (κ1) is 18.1. The minimum atomic E-state index is -0.0723. The van der Waals surface area contributed by atoms with Gasteiger partial charge in [-0.1, -0.05) is 18.2 Å². The normalized spacial score (nSPS) is 15.1. The predicted octanol–water partition coefficient (Wildman–Crippen LogP) is 4.39. The van der Waals surface area contributed by atoms with Crippen LogP contribution in [0.4, 0.5) is 11.4 Å². The molecular formula is C21H23N3O2S. The monoisotopic (exact) mass is 381 g/mol. The smallest absolute Gasteiger partial charge is 0.258 e. The molecule has 3 aromatic rings. The van der Waals surface area contributed by atoms with E-state index in [9.17, 15) is 4.79 Å². The SMILES string of the molecule is Cc1c(Nc2ccccc2)ccc2c(=O)[nH]c(CSC3CCOCC3)nc12. The van der Waals surface area contributed by atoms with Crippen molar-refractivity contribution >= 4 is 34.0 Å². The molecule has 1 saturated heterocycles. The lowest BCUT2D eigenvalue weighted by Crippen LogP contribution is -2.18. The molecule has 2 aromatic carbocycles. The van der Waals surface area contributed by atoms with E-state index in [4.69, 9.17) is 9.72 Å². The molecule has 0 spiro atoms. The van der Waals surface area contributed by atoms with Gasteiger partial charge in [-0.05, 0) is 49.6 Å². The van der Waals surface area contributed by atoms with Crippen LogP contribution in [0, 0.1) is 6.92 Å². The lowest BCUT2D eigenvalue weighted by atomic mass is 10.1. The van der Waals surface area contributed by atoms with Gasteiger partial charge in [0.1, 0.15) is 5.82 Å². The summed E-state index contributed by atoms with van der Waals surface area (Å²) in [6, 6.07) is 13.8. The lowest BCUT2D eigenvalue weighted by molar-refractivity contribution is 0.1000. The van der Waals surface area contributed by atoms with Gasteiger partial charge in [0.2, 0.25) is 0 Å². The van der Waals surface area contributed by atoms with Crippen LogP contribution in [0.3, 0.4) is 0 Å². The lowest BCUT2D eigenvalue weighted by Gasteiger charge is -2.21. The number of hydrogen-bond donors (Lipinski definition) is 2. The highest BCUT2D eigenvalue weighted by molar-refractivity contribution is 7.99. The van der Waals surface area contributed by atoms with Crippen LogP contribution in [-0.2, 0) is 10.5 Å². The Kier molecular flexibility index (Phi) is 5.45. The molecule has 0 amide bonds. The number of para-hydroxylation sites is 1. The molecule has 27 heavy (non-hydrogen) atoms. The molecule has 2 N–H and O–H groups in total. The molecule has 1 fully saturated rings. The number of H-pyrrole nitrogens is 1. The van der Waals surface area contributed by atoms with Crippen molar-refractivity contribution in [3.05, 3.63) is 64.2 Å². The molecule has 0 atom stereocenters. The van der Waals surface area contributed by atoms with E-state index in [1.807, 2.05) is 61.2 Å². The fourth-order valence-electron chi connectivity index (χ4n) is 3.31. The third kappa shape index (κ3) is 4.17. The maximum Gasteiger partial charge on any atom is 0.258 e. The zero-order chi connectivity index (χ0) is 18.6. The molecule has 6 heteroatoms. The number of benzene rings is 2. The molecule has 1 aliphatic heterocycles. The molecule has 0 bridgehead atoms. The third-order valence-electron chi connectivity index (χ3n) is 4.86. The number of hydrogen-bond acceptors (Lipinski definition) is 5. The first-order valence-electron chi connectivity index (χ1n) is 9.24. The molecule has 1 aromatic heterocycles. The number of rotatable bonds is 5. The van der Waals surface area contributed by atoms with Gasteiger partial charge < -0.3 is 15.0 Å². The van der Waals surface area contributed by atoms with Crippen LogP contribution in [0.2, 0.25) is 0 Å². The number of fused-ring (bicyclic) bond motifs is 1. The Hall–Kier alpha value is -2.31. The van der Waals surface area contributed by atoms with Gasteiger partial charge in [0, 0.05) is 29.8 Å². The number of aromatic nitrogens is 2. The van der Waals surface area contributed by atoms with Crippen LogP contribution in [0.25, 0.3) is 10.9 Å². The molecule has 0 aliphatic carbocycles. The number of nitrogens with one attached hydrogen (secondary N) is 2. The van der Waals surface area contributed by atoms with Gasteiger partial charge in [0.25, 0.3) is 5.56 Å². The summed E-state index contributed by atoms with van der Waals surface area (Å²) in [4.78, 5) is 20.2. The summed E-state index contributed by atoms with van der Waals surface area (Å²) in [5.74, 6) is 1.45. The average molecular weight is 382 g/mol.